The number of rotatable bonds is 2. The largest absolute Gasteiger partial charge is 0.364 e. The molecule has 0 aromatic carbocycles. The van der Waals surface area contributed by atoms with E-state index in [1.807, 2.05) is 4.90 Å². The molecule has 0 bridgehead atoms. The van der Waals surface area contributed by atoms with Gasteiger partial charge in [-0.2, -0.15) is 0 Å². The highest BCUT2D eigenvalue weighted by atomic mass is 16.5. The van der Waals surface area contributed by atoms with Gasteiger partial charge in [-0.25, -0.2) is 0 Å². The summed E-state index contributed by atoms with van der Waals surface area (Å²) in [5.74, 6) is 0.561. The first-order valence-corrected chi connectivity index (χ1v) is 5.63. The van der Waals surface area contributed by atoms with Gasteiger partial charge in [0.1, 0.15) is 6.26 Å². The SMILES string of the molecule is CC1CCN(C(=O)c2ccon2)C(CN)C1. The van der Waals surface area contributed by atoms with Crippen LogP contribution in [0.5, 0.6) is 0 Å². The molecule has 0 saturated carbocycles. The van der Waals surface area contributed by atoms with E-state index < -0.39 is 0 Å². The van der Waals surface area contributed by atoms with Gasteiger partial charge in [-0.05, 0) is 18.8 Å². The lowest BCUT2D eigenvalue weighted by Crippen LogP contribution is -2.49. The molecular weight excluding hydrogens is 206 g/mol. The molecule has 5 heteroatoms. The van der Waals surface area contributed by atoms with E-state index >= 15 is 0 Å². The van der Waals surface area contributed by atoms with Gasteiger partial charge < -0.3 is 15.2 Å². The van der Waals surface area contributed by atoms with E-state index in [2.05, 4.69) is 16.6 Å². The number of carbonyl (C=O) groups excluding carboxylic acids is 1. The standard InChI is InChI=1S/C11H17N3O2/c1-8-2-4-14(9(6-8)7-12)11(15)10-3-5-16-13-10/h3,5,8-9H,2,4,6-7,12H2,1H3. The Morgan fingerprint density at radius 2 is 2.56 bits per heavy atom. The fraction of sp³-hybridized carbons (Fsp3) is 0.636. The second-order valence-electron chi connectivity index (χ2n) is 4.40. The first-order valence-electron chi connectivity index (χ1n) is 5.63. The molecule has 2 atom stereocenters. The summed E-state index contributed by atoms with van der Waals surface area (Å²) < 4.78 is 4.69. The van der Waals surface area contributed by atoms with Crippen molar-refractivity contribution < 1.29 is 9.32 Å². The average molecular weight is 223 g/mol. The number of aromatic nitrogens is 1. The van der Waals surface area contributed by atoms with Gasteiger partial charge >= 0.3 is 0 Å². The van der Waals surface area contributed by atoms with Gasteiger partial charge in [-0.3, -0.25) is 4.79 Å². The second kappa shape index (κ2) is 4.65. The van der Waals surface area contributed by atoms with Crippen LogP contribution in [0.2, 0.25) is 0 Å². The van der Waals surface area contributed by atoms with Crippen LogP contribution in [-0.4, -0.2) is 35.1 Å². The number of likely N-dealkylation sites (tertiary alicyclic amines) is 1. The molecular formula is C11H17N3O2. The fourth-order valence-electron chi connectivity index (χ4n) is 2.21. The highest BCUT2D eigenvalue weighted by Gasteiger charge is 2.30. The van der Waals surface area contributed by atoms with Crippen molar-refractivity contribution in [1.29, 1.82) is 0 Å². The van der Waals surface area contributed by atoms with Crippen LogP contribution in [0.3, 0.4) is 0 Å². The minimum Gasteiger partial charge on any atom is -0.364 e. The van der Waals surface area contributed by atoms with E-state index in [-0.39, 0.29) is 11.9 Å². The van der Waals surface area contributed by atoms with E-state index in [0.717, 1.165) is 19.4 Å². The van der Waals surface area contributed by atoms with Crippen LogP contribution >= 0.6 is 0 Å². The van der Waals surface area contributed by atoms with Gasteiger partial charge in [0.2, 0.25) is 0 Å². The van der Waals surface area contributed by atoms with Crippen molar-refractivity contribution in [2.24, 2.45) is 11.7 Å². The molecule has 0 spiro atoms. The van der Waals surface area contributed by atoms with Crippen LogP contribution in [0.1, 0.15) is 30.3 Å². The maximum atomic E-state index is 12.1. The molecule has 1 amide bonds. The van der Waals surface area contributed by atoms with E-state index in [0.29, 0.717) is 18.2 Å². The number of amides is 1. The predicted molar refractivity (Wildman–Crippen MR) is 58.8 cm³/mol. The van der Waals surface area contributed by atoms with Gasteiger partial charge in [-0.15, -0.1) is 0 Å². The summed E-state index contributed by atoms with van der Waals surface area (Å²) in [5.41, 5.74) is 6.08. The molecule has 1 aromatic heterocycles. The van der Waals surface area contributed by atoms with Crippen molar-refractivity contribution in [2.45, 2.75) is 25.8 Å². The molecule has 2 N–H and O–H groups in total. The summed E-state index contributed by atoms with van der Waals surface area (Å²) in [6, 6.07) is 1.72. The molecule has 16 heavy (non-hydrogen) atoms. The smallest absolute Gasteiger partial charge is 0.276 e. The predicted octanol–water partition coefficient (Wildman–Crippen LogP) is 0.874. The van der Waals surface area contributed by atoms with Crippen LogP contribution in [0, 0.1) is 5.92 Å². The molecule has 1 saturated heterocycles. The zero-order chi connectivity index (χ0) is 11.5. The molecule has 0 aliphatic carbocycles. The maximum absolute atomic E-state index is 12.1. The van der Waals surface area contributed by atoms with Gasteiger partial charge in [0.15, 0.2) is 5.69 Å². The lowest BCUT2D eigenvalue weighted by atomic mass is 9.92. The molecule has 88 valence electrons. The second-order valence-corrected chi connectivity index (χ2v) is 4.40. The van der Waals surface area contributed by atoms with Crippen molar-refractivity contribution in [2.75, 3.05) is 13.1 Å². The maximum Gasteiger partial charge on any atom is 0.276 e. The van der Waals surface area contributed by atoms with Gasteiger partial charge in [0, 0.05) is 25.2 Å². The number of hydrogen-bond donors (Lipinski definition) is 1. The van der Waals surface area contributed by atoms with Crippen LogP contribution in [0.25, 0.3) is 0 Å². The third kappa shape index (κ3) is 2.09. The van der Waals surface area contributed by atoms with Crippen LogP contribution in [0.15, 0.2) is 16.9 Å². The molecule has 1 aromatic rings. The van der Waals surface area contributed by atoms with Crippen LogP contribution in [-0.2, 0) is 0 Å². The molecule has 1 aliphatic rings. The molecule has 5 nitrogen and oxygen atoms in total. The van der Waals surface area contributed by atoms with E-state index in [1.165, 1.54) is 6.26 Å². The van der Waals surface area contributed by atoms with Crippen molar-refractivity contribution >= 4 is 5.91 Å². The van der Waals surface area contributed by atoms with E-state index in [1.54, 1.807) is 6.07 Å². The Balaban J connectivity index is 2.10. The van der Waals surface area contributed by atoms with Crippen molar-refractivity contribution in [3.05, 3.63) is 18.0 Å². The average Bonchev–Trinajstić information content (AvgIpc) is 2.81. The molecule has 2 unspecified atom stereocenters. The minimum absolute atomic E-state index is 0.0731. The number of carbonyl (C=O) groups is 1. The summed E-state index contributed by atoms with van der Waals surface area (Å²) >= 11 is 0. The topological polar surface area (TPSA) is 72.4 Å². The summed E-state index contributed by atoms with van der Waals surface area (Å²) in [6.45, 7) is 3.46. The summed E-state index contributed by atoms with van der Waals surface area (Å²) in [5, 5.41) is 3.67. The van der Waals surface area contributed by atoms with E-state index in [9.17, 15) is 4.79 Å². The van der Waals surface area contributed by atoms with Crippen molar-refractivity contribution in [3.8, 4) is 0 Å². The Labute approximate surface area is 94.6 Å². The number of piperidine rings is 1. The van der Waals surface area contributed by atoms with Gasteiger partial charge in [0.05, 0.1) is 0 Å². The summed E-state index contributed by atoms with van der Waals surface area (Å²) in [4.78, 5) is 13.9. The number of nitrogens with two attached hydrogens (primary N) is 1. The quantitative estimate of drug-likeness (QED) is 0.807. The zero-order valence-corrected chi connectivity index (χ0v) is 9.43. The lowest BCUT2D eigenvalue weighted by Gasteiger charge is -2.37. The Hall–Kier alpha value is -1.36. The Morgan fingerprint density at radius 1 is 1.75 bits per heavy atom. The fourth-order valence-corrected chi connectivity index (χ4v) is 2.21. The van der Waals surface area contributed by atoms with Crippen molar-refractivity contribution in [3.63, 3.8) is 0 Å². The molecule has 2 heterocycles. The Morgan fingerprint density at radius 3 is 3.19 bits per heavy atom. The molecule has 0 radical (unpaired) electrons. The lowest BCUT2D eigenvalue weighted by molar-refractivity contribution is 0.0563. The minimum atomic E-state index is -0.0731. The third-order valence-corrected chi connectivity index (χ3v) is 3.17. The Bertz CT molecular complexity index is 350. The van der Waals surface area contributed by atoms with Gasteiger partial charge in [0.25, 0.3) is 5.91 Å². The first kappa shape index (κ1) is 11.1. The highest BCUT2D eigenvalue weighted by molar-refractivity contribution is 5.92. The van der Waals surface area contributed by atoms with E-state index in [4.69, 9.17) is 5.73 Å². The highest BCUT2D eigenvalue weighted by Crippen LogP contribution is 2.23. The first-order chi connectivity index (χ1) is 7.72. The van der Waals surface area contributed by atoms with Crippen molar-refractivity contribution in [1.82, 2.24) is 10.1 Å². The Kier molecular flexibility index (Phi) is 3.24. The number of nitrogens with zero attached hydrogens (tertiary/aromatic N) is 2. The number of hydrogen-bond acceptors (Lipinski definition) is 4. The summed E-state index contributed by atoms with van der Waals surface area (Å²) in [6.07, 6.45) is 3.41. The molecule has 1 fully saturated rings. The third-order valence-electron chi connectivity index (χ3n) is 3.17. The molecule has 1 aliphatic heterocycles. The van der Waals surface area contributed by atoms with Gasteiger partial charge in [-0.1, -0.05) is 12.1 Å². The summed E-state index contributed by atoms with van der Waals surface area (Å²) in [7, 11) is 0. The zero-order valence-electron chi connectivity index (χ0n) is 9.43. The molecule has 2 rings (SSSR count). The van der Waals surface area contributed by atoms with Crippen LogP contribution < -0.4 is 5.73 Å². The monoisotopic (exact) mass is 223 g/mol. The van der Waals surface area contributed by atoms with Crippen LogP contribution in [0.4, 0.5) is 0 Å². The normalized spacial score (nSPS) is 25.8.